The summed E-state index contributed by atoms with van der Waals surface area (Å²) in [6, 6.07) is 17.3. The standard InChI is InChI=1S/C28H26FN3O5/c1-35-13-12-30-27(33)25-26(37-17-19-6-4-3-5-7-19)23-22(24(32-25)28(34)36-2)15-20(16-31-23)14-18-8-10-21(29)11-9-18/h3-11,15-16H,12-14,17H2,1-2H3,(H,30,33). The number of rotatable bonds is 10. The first-order valence-electron chi connectivity index (χ1n) is 11.6. The Hall–Kier alpha value is -4.37. The summed E-state index contributed by atoms with van der Waals surface area (Å²) in [6.45, 7) is 0.700. The highest BCUT2D eigenvalue weighted by Crippen LogP contribution is 2.31. The van der Waals surface area contributed by atoms with Crippen molar-refractivity contribution in [2.24, 2.45) is 0 Å². The van der Waals surface area contributed by atoms with E-state index in [1.54, 1.807) is 24.4 Å². The van der Waals surface area contributed by atoms with Gasteiger partial charge in [0.1, 0.15) is 17.9 Å². The van der Waals surface area contributed by atoms with Crippen LogP contribution >= 0.6 is 0 Å². The quantitative estimate of drug-likeness (QED) is 0.257. The second-order valence-corrected chi connectivity index (χ2v) is 8.20. The highest BCUT2D eigenvalue weighted by molar-refractivity contribution is 6.08. The number of ether oxygens (including phenoxy) is 3. The van der Waals surface area contributed by atoms with Crippen molar-refractivity contribution in [3.63, 3.8) is 0 Å². The maximum absolute atomic E-state index is 13.3. The van der Waals surface area contributed by atoms with Crippen LogP contribution in [0.25, 0.3) is 10.9 Å². The number of hydrogen-bond acceptors (Lipinski definition) is 7. The summed E-state index contributed by atoms with van der Waals surface area (Å²) in [5.74, 6) is -1.43. The Kier molecular flexibility index (Phi) is 8.37. The number of methoxy groups -OCH3 is 2. The van der Waals surface area contributed by atoms with Crippen LogP contribution < -0.4 is 10.1 Å². The van der Waals surface area contributed by atoms with E-state index in [0.29, 0.717) is 23.9 Å². The van der Waals surface area contributed by atoms with Gasteiger partial charge in [-0.3, -0.25) is 9.78 Å². The number of esters is 1. The van der Waals surface area contributed by atoms with Gasteiger partial charge in [0, 0.05) is 25.2 Å². The van der Waals surface area contributed by atoms with Crippen LogP contribution in [0, 0.1) is 5.82 Å². The van der Waals surface area contributed by atoms with E-state index in [9.17, 15) is 14.0 Å². The van der Waals surface area contributed by atoms with Crippen molar-refractivity contribution in [1.29, 1.82) is 0 Å². The Morgan fingerprint density at radius 3 is 2.41 bits per heavy atom. The normalized spacial score (nSPS) is 10.8. The molecule has 37 heavy (non-hydrogen) atoms. The summed E-state index contributed by atoms with van der Waals surface area (Å²) in [7, 11) is 2.77. The maximum atomic E-state index is 13.3. The molecule has 2 aromatic heterocycles. The van der Waals surface area contributed by atoms with Gasteiger partial charge in [0.15, 0.2) is 17.1 Å². The molecule has 190 valence electrons. The lowest BCUT2D eigenvalue weighted by Gasteiger charge is -2.16. The zero-order valence-electron chi connectivity index (χ0n) is 20.5. The van der Waals surface area contributed by atoms with E-state index in [-0.39, 0.29) is 36.1 Å². The summed E-state index contributed by atoms with van der Waals surface area (Å²) in [4.78, 5) is 34.7. The molecule has 0 fully saturated rings. The van der Waals surface area contributed by atoms with Gasteiger partial charge in [-0.25, -0.2) is 14.2 Å². The lowest BCUT2D eigenvalue weighted by atomic mass is 10.0. The number of carbonyl (C=O) groups excluding carboxylic acids is 2. The summed E-state index contributed by atoms with van der Waals surface area (Å²) in [6.07, 6.45) is 2.08. The van der Waals surface area contributed by atoms with Gasteiger partial charge < -0.3 is 19.5 Å². The topological polar surface area (TPSA) is 99.6 Å². The first kappa shape index (κ1) is 25.7. The van der Waals surface area contributed by atoms with Crippen LogP contribution in [0.1, 0.15) is 37.7 Å². The second-order valence-electron chi connectivity index (χ2n) is 8.20. The molecule has 0 aliphatic rings. The molecule has 9 heteroatoms. The molecule has 4 aromatic rings. The molecule has 8 nitrogen and oxygen atoms in total. The van der Waals surface area contributed by atoms with Crippen molar-refractivity contribution in [3.8, 4) is 5.75 Å². The predicted molar refractivity (Wildman–Crippen MR) is 135 cm³/mol. The van der Waals surface area contributed by atoms with E-state index < -0.39 is 11.9 Å². The number of pyridine rings is 2. The molecule has 2 heterocycles. The number of amides is 1. The fourth-order valence-corrected chi connectivity index (χ4v) is 3.76. The summed E-state index contributed by atoms with van der Waals surface area (Å²) >= 11 is 0. The van der Waals surface area contributed by atoms with Gasteiger partial charge in [-0.05, 0) is 41.3 Å². The zero-order chi connectivity index (χ0) is 26.2. The Labute approximate surface area is 213 Å². The van der Waals surface area contributed by atoms with E-state index in [2.05, 4.69) is 15.3 Å². The molecular weight excluding hydrogens is 477 g/mol. The Morgan fingerprint density at radius 2 is 1.70 bits per heavy atom. The van der Waals surface area contributed by atoms with Crippen LogP contribution in [0.5, 0.6) is 5.75 Å². The number of carbonyl (C=O) groups is 2. The van der Waals surface area contributed by atoms with Crippen LogP contribution in [0.4, 0.5) is 4.39 Å². The zero-order valence-corrected chi connectivity index (χ0v) is 20.5. The minimum absolute atomic E-state index is 0.0603. The number of nitrogens with one attached hydrogen (secondary N) is 1. The fourth-order valence-electron chi connectivity index (χ4n) is 3.76. The first-order chi connectivity index (χ1) is 18.0. The van der Waals surface area contributed by atoms with Gasteiger partial charge in [0.2, 0.25) is 0 Å². The molecule has 0 bridgehead atoms. The Balaban J connectivity index is 1.81. The van der Waals surface area contributed by atoms with Crippen molar-refractivity contribution in [1.82, 2.24) is 15.3 Å². The molecule has 0 saturated heterocycles. The summed E-state index contributed by atoms with van der Waals surface area (Å²) in [5, 5.41) is 3.10. The molecule has 0 aliphatic carbocycles. The van der Waals surface area contributed by atoms with E-state index in [1.165, 1.54) is 26.4 Å². The van der Waals surface area contributed by atoms with Crippen molar-refractivity contribution in [3.05, 3.63) is 101 Å². The number of aromatic nitrogens is 2. The summed E-state index contributed by atoms with van der Waals surface area (Å²) in [5.41, 5.74) is 2.66. The van der Waals surface area contributed by atoms with Gasteiger partial charge >= 0.3 is 5.97 Å². The van der Waals surface area contributed by atoms with Gasteiger partial charge in [-0.15, -0.1) is 0 Å². The molecule has 1 amide bonds. The third-order valence-electron chi connectivity index (χ3n) is 5.59. The average molecular weight is 504 g/mol. The van der Waals surface area contributed by atoms with Crippen molar-refractivity contribution >= 4 is 22.8 Å². The maximum Gasteiger partial charge on any atom is 0.357 e. The monoisotopic (exact) mass is 503 g/mol. The lowest BCUT2D eigenvalue weighted by Crippen LogP contribution is -2.29. The van der Waals surface area contributed by atoms with Gasteiger partial charge in [-0.1, -0.05) is 42.5 Å². The van der Waals surface area contributed by atoms with Crippen molar-refractivity contribution in [2.45, 2.75) is 13.0 Å². The first-order valence-corrected chi connectivity index (χ1v) is 11.6. The van der Waals surface area contributed by atoms with Crippen molar-refractivity contribution in [2.75, 3.05) is 27.4 Å². The highest BCUT2D eigenvalue weighted by Gasteiger charge is 2.25. The molecule has 0 aliphatic heterocycles. The third-order valence-corrected chi connectivity index (χ3v) is 5.59. The number of nitrogens with zero attached hydrogens (tertiary/aromatic N) is 2. The van der Waals surface area contributed by atoms with Gasteiger partial charge in [-0.2, -0.15) is 0 Å². The third kappa shape index (κ3) is 6.25. The van der Waals surface area contributed by atoms with Crippen LogP contribution in [0.3, 0.4) is 0 Å². The van der Waals surface area contributed by atoms with E-state index >= 15 is 0 Å². The molecule has 1 N–H and O–H groups in total. The Bertz CT molecular complexity index is 1390. The molecule has 4 rings (SSSR count). The molecule has 0 atom stereocenters. The van der Waals surface area contributed by atoms with Crippen LogP contribution in [-0.2, 0) is 22.5 Å². The fraction of sp³-hybridized carbons (Fsp3) is 0.214. The molecule has 0 radical (unpaired) electrons. The minimum Gasteiger partial charge on any atom is -0.484 e. The van der Waals surface area contributed by atoms with Crippen molar-refractivity contribution < 1.29 is 28.2 Å². The van der Waals surface area contributed by atoms with Gasteiger partial charge in [0.25, 0.3) is 5.91 Å². The van der Waals surface area contributed by atoms with Crippen LogP contribution in [0.2, 0.25) is 0 Å². The molecular formula is C28H26FN3O5. The van der Waals surface area contributed by atoms with E-state index in [1.807, 2.05) is 30.3 Å². The number of halogens is 1. The predicted octanol–water partition coefficient (Wildman–Crippen LogP) is 4.10. The number of benzene rings is 2. The van der Waals surface area contributed by atoms with Crippen LogP contribution in [0.15, 0.2) is 66.9 Å². The SMILES string of the molecule is COCCNC(=O)c1nc(C(=O)OC)c2cc(Cc3ccc(F)cc3)cnc2c1OCc1ccccc1. The summed E-state index contributed by atoms with van der Waals surface area (Å²) < 4.78 is 29.4. The highest BCUT2D eigenvalue weighted by atomic mass is 19.1. The van der Waals surface area contributed by atoms with E-state index in [0.717, 1.165) is 16.7 Å². The smallest absolute Gasteiger partial charge is 0.357 e. The largest absolute Gasteiger partial charge is 0.484 e. The van der Waals surface area contributed by atoms with E-state index in [4.69, 9.17) is 14.2 Å². The lowest BCUT2D eigenvalue weighted by molar-refractivity contribution is 0.0596. The molecule has 0 spiro atoms. The number of fused-ring (bicyclic) bond motifs is 1. The molecule has 0 saturated carbocycles. The molecule has 2 aromatic carbocycles. The second kappa shape index (κ2) is 12.0. The molecule has 0 unspecified atom stereocenters. The minimum atomic E-state index is -0.716. The number of hydrogen-bond donors (Lipinski definition) is 1. The Morgan fingerprint density at radius 1 is 0.946 bits per heavy atom. The average Bonchev–Trinajstić information content (AvgIpc) is 2.92. The van der Waals surface area contributed by atoms with Crippen LogP contribution in [-0.4, -0.2) is 49.2 Å². The van der Waals surface area contributed by atoms with Gasteiger partial charge in [0.05, 0.1) is 13.7 Å².